The van der Waals surface area contributed by atoms with Crippen LogP contribution >= 0.6 is 0 Å². The van der Waals surface area contributed by atoms with Crippen molar-refractivity contribution in [2.45, 2.75) is 0 Å². The maximum absolute atomic E-state index is 10.5. The molecule has 0 bridgehead atoms. The van der Waals surface area contributed by atoms with Gasteiger partial charge in [0.05, 0.1) is 6.54 Å². The highest BCUT2D eigenvalue weighted by Crippen LogP contribution is 1.97. The Balaban J connectivity index is 2.40. The van der Waals surface area contributed by atoms with Gasteiger partial charge in [0.15, 0.2) is 0 Å². The molecular weight excluding hydrogens is 138 g/mol. The zero-order chi connectivity index (χ0) is 7.56. The normalized spacial score (nSPS) is 16.8. The van der Waals surface area contributed by atoms with Gasteiger partial charge in [0.25, 0.3) is 0 Å². The van der Waals surface area contributed by atoms with Crippen molar-refractivity contribution in [2.24, 2.45) is 5.73 Å². The van der Waals surface area contributed by atoms with Gasteiger partial charge in [0.1, 0.15) is 6.61 Å². The minimum atomic E-state index is -0.765. The number of hydrogen-bond acceptors (Lipinski definition) is 3. The van der Waals surface area contributed by atoms with Gasteiger partial charge in [-0.05, 0) is 0 Å². The summed E-state index contributed by atoms with van der Waals surface area (Å²) in [5, 5.41) is 1.02. The van der Waals surface area contributed by atoms with E-state index in [0.717, 1.165) is 5.01 Å². The molecule has 1 fully saturated rings. The second-order valence-electron chi connectivity index (χ2n) is 1.74. The summed E-state index contributed by atoms with van der Waals surface area (Å²) >= 11 is 0. The summed E-state index contributed by atoms with van der Waals surface area (Å²) < 4.78 is 4.48. The maximum atomic E-state index is 10.5. The zero-order valence-corrected chi connectivity index (χ0v) is 5.16. The predicted octanol–water partition coefficient (Wildman–Crippen LogP) is -0.978. The monoisotopic (exact) mass is 145 g/mol. The molecule has 0 radical (unpaired) electrons. The number of urea groups is 1. The lowest BCUT2D eigenvalue weighted by molar-refractivity contribution is 0.147. The van der Waals surface area contributed by atoms with Gasteiger partial charge in [-0.1, -0.05) is 0 Å². The van der Waals surface area contributed by atoms with Crippen LogP contribution in [-0.4, -0.2) is 30.3 Å². The molecular formula is C4H7N3O3. The number of ether oxygens (including phenoxy) is 1. The fourth-order valence-electron chi connectivity index (χ4n) is 0.628. The molecule has 3 amide bonds. The summed E-state index contributed by atoms with van der Waals surface area (Å²) in [6, 6.07) is -0.765. The second-order valence-corrected chi connectivity index (χ2v) is 1.74. The van der Waals surface area contributed by atoms with Crippen molar-refractivity contribution < 1.29 is 14.3 Å². The summed E-state index contributed by atoms with van der Waals surface area (Å²) in [6.45, 7) is 0.640. The largest absolute Gasteiger partial charge is 0.446 e. The fourth-order valence-corrected chi connectivity index (χ4v) is 0.628. The van der Waals surface area contributed by atoms with Crippen molar-refractivity contribution in [3.8, 4) is 0 Å². The third-order valence-corrected chi connectivity index (χ3v) is 1.01. The van der Waals surface area contributed by atoms with Gasteiger partial charge in [-0.15, -0.1) is 0 Å². The van der Waals surface area contributed by atoms with Crippen LogP contribution in [0.2, 0.25) is 0 Å². The molecule has 6 nitrogen and oxygen atoms in total. The molecule has 1 heterocycles. The Morgan fingerprint density at radius 1 is 1.80 bits per heavy atom. The Bertz CT molecular complexity index is 169. The van der Waals surface area contributed by atoms with Crippen molar-refractivity contribution in [3.05, 3.63) is 0 Å². The van der Waals surface area contributed by atoms with Gasteiger partial charge in [-0.3, -0.25) is 0 Å². The maximum Gasteiger partial charge on any atom is 0.428 e. The number of nitrogens with zero attached hydrogens (tertiary/aromatic N) is 1. The topological polar surface area (TPSA) is 84.7 Å². The molecule has 0 unspecified atom stereocenters. The fraction of sp³-hybridized carbons (Fsp3) is 0.500. The summed E-state index contributed by atoms with van der Waals surface area (Å²) in [7, 11) is 0. The summed E-state index contributed by atoms with van der Waals surface area (Å²) in [4.78, 5) is 20.7. The van der Waals surface area contributed by atoms with Gasteiger partial charge >= 0.3 is 12.1 Å². The lowest BCUT2D eigenvalue weighted by Crippen LogP contribution is -2.45. The molecule has 1 saturated heterocycles. The standard InChI is InChI=1S/C4H7N3O3/c5-3(8)6-7-1-2-10-4(7)9/h1-2H2,(H3,5,6,8). The number of hydrogen-bond donors (Lipinski definition) is 2. The van der Waals surface area contributed by atoms with Crippen molar-refractivity contribution in [1.29, 1.82) is 0 Å². The van der Waals surface area contributed by atoms with Crippen LogP contribution in [0, 0.1) is 0 Å². The van der Waals surface area contributed by atoms with Crippen molar-refractivity contribution in [2.75, 3.05) is 13.2 Å². The molecule has 0 aromatic heterocycles. The van der Waals surface area contributed by atoms with E-state index >= 15 is 0 Å². The molecule has 3 N–H and O–H groups in total. The van der Waals surface area contributed by atoms with Crippen LogP contribution < -0.4 is 11.2 Å². The smallest absolute Gasteiger partial charge is 0.428 e. The number of cyclic esters (lactones) is 1. The van der Waals surface area contributed by atoms with E-state index in [4.69, 9.17) is 5.73 Å². The van der Waals surface area contributed by atoms with Gasteiger partial charge in [0, 0.05) is 0 Å². The van der Waals surface area contributed by atoms with E-state index < -0.39 is 12.1 Å². The van der Waals surface area contributed by atoms with E-state index in [0.29, 0.717) is 13.2 Å². The molecule has 0 atom stereocenters. The minimum Gasteiger partial charge on any atom is -0.446 e. The number of carbonyl (C=O) groups excluding carboxylic acids is 2. The molecule has 6 heteroatoms. The summed E-state index contributed by atoms with van der Waals surface area (Å²) in [5.74, 6) is 0. The number of rotatable bonds is 1. The third-order valence-electron chi connectivity index (χ3n) is 1.01. The average molecular weight is 145 g/mol. The Morgan fingerprint density at radius 2 is 2.50 bits per heavy atom. The first-order valence-electron chi connectivity index (χ1n) is 2.70. The summed E-state index contributed by atoms with van der Waals surface area (Å²) in [5.41, 5.74) is 6.82. The van der Waals surface area contributed by atoms with Crippen LogP contribution in [0.1, 0.15) is 0 Å². The molecule has 0 aromatic rings. The number of amides is 3. The summed E-state index contributed by atoms with van der Waals surface area (Å²) in [6.07, 6.45) is -0.571. The van der Waals surface area contributed by atoms with Gasteiger partial charge in [-0.2, -0.15) is 0 Å². The van der Waals surface area contributed by atoms with Crippen LogP contribution in [-0.2, 0) is 4.74 Å². The van der Waals surface area contributed by atoms with E-state index in [1.54, 1.807) is 0 Å². The van der Waals surface area contributed by atoms with Gasteiger partial charge in [0.2, 0.25) is 0 Å². The van der Waals surface area contributed by atoms with Crippen LogP contribution in [0.15, 0.2) is 0 Å². The molecule has 0 spiro atoms. The first-order valence-corrected chi connectivity index (χ1v) is 2.70. The molecule has 1 aliphatic heterocycles. The van der Waals surface area contributed by atoms with Crippen molar-refractivity contribution in [3.63, 3.8) is 0 Å². The number of nitrogens with one attached hydrogen (secondary N) is 1. The number of carbonyl (C=O) groups is 2. The zero-order valence-electron chi connectivity index (χ0n) is 5.16. The van der Waals surface area contributed by atoms with E-state index in [1.807, 2.05) is 0 Å². The van der Waals surface area contributed by atoms with E-state index in [-0.39, 0.29) is 0 Å². The average Bonchev–Trinajstić information content (AvgIpc) is 2.15. The van der Waals surface area contributed by atoms with Gasteiger partial charge in [-0.25, -0.2) is 20.0 Å². The highest BCUT2D eigenvalue weighted by atomic mass is 16.6. The number of hydrazine groups is 1. The van der Waals surface area contributed by atoms with E-state index in [2.05, 4.69) is 10.2 Å². The van der Waals surface area contributed by atoms with E-state index in [9.17, 15) is 9.59 Å². The highest BCUT2D eigenvalue weighted by molar-refractivity contribution is 5.77. The third kappa shape index (κ3) is 1.28. The second kappa shape index (κ2) is 2.42. The van der Waals surface area contributed by atoms with Crippen LogP contribution in [0.4, 0.5) is 9.59 Å². The molecule has 0 aliphatic carbocycles. The molecule has 0 saturated carbocycles. The SMILES string of the molecule is NC(=O)NN1CCOC1=O. The van der Waals surface area contributed by atoms with Crippen LogP contribution in [0.25, 0.3) is 0 Å². The lowest BCUT2D eigenvalue weighted by Gasteiger charge is -2.10. The Morgan fingerprint density at radius 3 is 2.90 bits per heavy atom. The molecule has 1 rings (SSSR count). The van der Waals surface area contributed by atoms with Crippen LogP contribution in [0.3, 0.4) is 0 Å². The Kier molecular flexibility index (Phi) is 1.61. The number of nitrogens with two attached hydrogens (primary N) is 1. The number of primary amides is 1. The lowest BCUT2D eigenvalue weighted by atomic mass is 10.7. The van der Waals surface area contributed by atoms with Crippen LogP contribution in [0.5, 0.6) is 0 Å². The first-order chi connectivity index (χ1) is 4.70. The molecule has 56 valence electrons. The minimum absolute atomic E-state index is 0.291. The molecule has 1 aliphatic rings. The van der Waals surface area contributed by atoms with E-state index in [1.165, 1.54) is 0 Å². The predicted molar refractivity (Wildman–Crippen MR) is 30.8 cm³/mol. The highest BCUT2D eigenvalue weighted by Gasteiger charge is 2.22. The Labute approximate surface area is 56.9 Å². The van der Waals surface area contributed by atoms with Gasteiger partial charge < -0.3 is 10.5 Å². The molecule has 0 aromatic carbocycles. The van der Waals surface area contributed by atoms with Crippen molar-refractivity contribution in [1.82, 2.24) is 10.4 Å². The molecule has 10 heavy (non-hydrogen) atoms. The van der Waals surface area contributed by atoms with Crippen molar-refractivity contribution >= 4 is 12.1 Å². The quantitative estimate of drug-likeness (QED) is 0.497. The Hall–Kier alpha value is -1.46. The first kappa shape index (κ1) is 6.66.